The molecule has 1 N–H and O–H groups in total. The third-order valence-electron chi connectivity index (χ3n) is 4.83. The largest absolute Gasteiger partial charge is 3.00 e. The van der Waals surface area contributed by atoms with E-state index in [1.165, 1.54) is 17.2 Å². The van der Waals surface area contributed by atoms with E-state index in [1.54, 1.807) is 6.07 Å². The second-order valence-electron chi connectivity index (χ2n) is 6.91. The summed E-state index contributed by atoms with van der Waals surface area (Å²) in [7, 11) is 0. The average molecular weight is 579 g/mol. The van der Waals surface area contributed by atoms with Gasteiger partial charge in [0.15, 0.2) is 5.78 Å². The number of benzene rings is 2. The molecule has 2 aromatic rings. The molecule has 7 nitrogen and oxygen atoms in total. The smallest absolute Gasteiger partial charge is 0.507 e. The maximum atomic E-state index is 12.7. The average Bonchev–Trinajstić information content (AvgIpc) is 2.65. The fraction of sp³-hybridized carbons (Fsp3) is 0.350. The molecule has 146 valence electrons. The van der Waals surface area contributed by atoms with E-state index in [-0.39, 0.29) is 56.4 Å². The number of phenols is 1. The maximum Gasteiger partial charge on any atom is 3.00 e. The Balaban J connectivity index is 0.00000300. The Hall–Kier alpha value is -1.19. The molecule has 1 aliphatic rings. The predicted molar refractivity (Wildman–Crippen MR) is 117 cm³/mol. The normalized spacial score (nSPS) is 14.1. The second kappa shape index (κ2) is 10.7. The zero-order valence-corrected chi connectivity index (χ0v) is 21.4. The molecular weight excluding hydrogens is 558 g/mol. The van der Waals surface area contributed by atoms with Gasteiger partial charge >= 0.3 is 32.7 Å². The van der Waals surface area contributed by atoms with Crippen LogP contribution in [0.15, 0.2) is 29.4 Å². The van der Waals surface area contributed by atoms with E-state index in [9.17, 15) is 9.90 Å². The van der Waals surface area contributed by atoms with Crippen LogP contribution < -0.4 is 4.90 Å². The van der Waals surface area contributed by atoms with Crippen molar-refractivity contribution in [1.82, 2.24) is 4.90 Å². The summed E-state index contributed by atoms with van der Waals surface area (Å²) in [5, 5.41) is 13.7. The Kier molecular flexibility index (Phi) is 8.91. The molecule has 3 rings (SSSR count). The molecule has 9 heteroatoms. The number of phenolic OH excluding ortho intramolecular Hbond substituents is 1. The van der Waals surface area contributed by atoms with Crippen LogP contribution in [0.3, 0.4) is 0 Å². The van der Waals surface area contributed by atoms with E-state index < -0.39 is 0 Å². The van der Waals surface area contributed by atoms with Crippen molar-refractivity contribution in [2.45, 2.75) is 13.8 Å². The first-order valence-corrected chi connectivity index (χ1v) is 10.0. The van der Waals surface area contributed by atoms with Crippen molar-refractivity contribution in [1.29, 1.82) is 0 Å². The number of piperazine rings is 1. The number of ketones is 1. The Labute approximate surface area is 209 Å². The van der Waals surface area contributed by atoms with Crippen LogP contribution in [0.2, 0.25) is 0 Å². The van der Waals surface area contributed by atoms with E-state index in [0.29, 0.717) is 9.26 Å². The van der Waals surface area contributed by atoms with Gasteiger partial charge in [0, 0.05) is 34.7 Å². The monoisotopic (exact) mass is 579 g/mol. The van der Waals surface area contributed by atoms with Gasteiger partial charge in [0.05, 0.1) is 17.8 Å². The molecule has 1 heterocycles. The van der Waals surface area contributed by atoms with E-state index >= 15 is 0 Å². The summed E-state index contributed by atoms with van der Waals surface area (Å²) >= 11 is 1.99. The number of hydrogen-bond donors (Lipinski definition) is 1. The van der Waals surface area contributed by atoms with Crippen LogP contribution in [0.4, 0.5) is 11.4 Å². The first-order chi connectivity index (χ1) is 13.4. The van der Waals surface area contributed by atoms with Crippen LogP contribution in [0, 0.1) is 23.5 Å². The minimum absolute atomic E-state index is 0. The first-order valence-electron chi connectivity index (χ1n) is 8.96. The van der Waals surface area contributed by atoms with Gasteiger partial charge in [-0.15, -0.1) is 5.56 Å². The van der Waals surface area contributed by atoms with Crippen LogP contribution in [0.25, 0.3) is 10.4 Å². The summed E-state index contributed by atoms with van der Waals surface area (Å²) in [6.45, 7) is 7.59. The van der Waals surface area contributed by atoms with Crippen LogP contribution in [0.1, 0.15) is 21.5 Å². The van der Waals surface area contributed by atoms with Crippen LogP contribution in [-0.4, -0.2) is 48.5 Å². The van der Waals surface area contributed by atoms with Gasteiger partial charge in [-0.25, -0.2) is 0 Å². The molecule has 1 fully saturated rings. The van der Waals surface area contributed by atoms with Crippen molar-refractivity contribution in [3.8, 4) is 5.75 Å². The molecular formula is C20H21IN5O2Y+2. The van der Waals surface area contributed by atoms with Gasteiger partial charge in [-0.05, 0) is 40.3 Å². The number of aryl methyl sites for hydroxylation is 2. The molecule has 0 saturated carbocycles. The topological polar surface area (TPSA) is 92.5 Å². The van der Waals surface area contributed by atoms with Gasteiger partial charge in [0.2, 0.25) is 0 Å². The molecule has 0 radical (unpaired) electrons. The van der Waals surface area contributed by atoms with Gasteiger partial charge in [0.1, 0.15) is 5.75 Å². The number of carbonyl (C=O) groups is 1. The summed E-state index contributed by atoms with van der Waals surface area (Å²) in [5.74, 6) is -0.300. The SMILES string of the molecule is Cc1c[c-]c(N2CCN(CC(=O)c3cc(I)c(N=[N+]=[N-])cc3O)CC2)c(C)c1.[Y+3]. The van der Waals surface area contributed by atoms with Gasteiger partial charge in [0.25, 0.3) is 0 Å². The quantitative estimate of drug-likeness (QED) is 0.142. The molecule has 0 bridgehead atoms. The van der Waals surface area contributed by atoms with Crippen LogP contribution in [0.5, 0.6) is 5.75 Å². The van der Waals surface area contributed by atoms with Crippen molar-refractivity contribution in [2.75, 3.05) is 37.6 Å². The summed E-state index contributed by atoms with van der Waals surface area (Å²) in [6.07, 6.45) is 0. The summed E-state index contributed by atoms with van der Waals surface area (Å²) in [4.78, 5) is 19.8. The van der Waals surface area contributed by atoms with Gasteiger partial charge in [-0.3, -0.25) is 9.69 Å². The predicted octanol–water partition coefficient (Wildman–Crippen LogP) is 4.36. The number of rotatable bonds is 5. The zero-order chi connectivity index (χ0) is 20.3. The molecule has 0 amide bonds. The Morgan fingerprint density at radius 2 is 1.97 bits per heavy atom. The number of carbonyl (C=O) groups excluding carboxylic acids is 1. The Morgan fingerprint density at radius 1 is 1.28 bits per heavy atom. The van der Waals surface area contributed by atoms with Gasteiger partial charge in [-0.2, -0.15) is 23.8 Å². The standard InChI is InChI=1S/C20H21IN5O2.Y/c1-13-3-4-18(14(2)9-13)26-7-5-25(6-8-26)12-20(28)15-10-16(21)17(23-24-22)11-19(15)27;/h3,9-11,27H,5-8,12H2,1-2H3;/q-1;+3. The summed E-state index contributed by atoms with van der Waals surface area (Å²) in [6, 6.07) is 10.4. The number of Topliss-reactive ketones (excluding diaryl/α,β-unsaturated/α-hetero) is 1. The molecule has 0 aliphatic carbocycles. The van der Waals surface area contributed by atoms with E-state index in [2.05, 4.69) is 45.8 Å². The molecule has 0 unspecified atom stereocenters. The molecule has 0 spiro atoms. The molecule has 2 aromatic carbocycles. The van der Waals surface area contributed by atoms with E-state index in [4.69, 9.17) is 5.53 Å². The molecule has 1 aliphatic heterocycles. The Morgan fingerprint density at radius 3 is 2.59 bits per heavy atom. The maximum absolute atomic E-state index is 12.7. The number of hydrogen-bond acceptors (Lipinski definition) is 5. The number of nitrogens with zero attached hydrogens (tertiary/aromatic N) is 5. The van der Waals surface area contributed by atoms with Crippen molar-refractivity contribution < 1.29 is 42.6 Å². The number of anilines is 1. The van der Waals surface area contributed by atoms with Gasteiger partial charge in [-0.1, -0.05) is 24.6 Å². The summed E-state index contributed by atoms with van der Waals surface area (Å²) in [5.41, 5.74) is 12.7. The molecule has 1 saturated heterocycles. The fourth-order valence-corrected chi connectivity index (χ4v) is 3.98. The minimum atomic E-state index is -0.156. The molecule has 0 aromatic heterocycles. The number of aromatic hydroxyl groups is 1. The summed E-state index contributed by atoms with van der Waals surface area (Å²) < 4.78 is 0.631. The first kappa shape index (κ1) is 24.1. The van der Waals surface area contributed by atoms with Gasteiger partial charge < -0.3 is 10.0 Å². The van der Waals surface area contributed by atoms with E-state index in [1.807, 2.05) is 28.7 Å². The minimum Gasteiger partial charge on any atom is -0.507 e. The van der Waals surface area contributed by atoms with Crippen molar-refractivity contribution >= 4 is 39.7 Å². The molecule has 0 atom stereocenters. The fourth-order valence-electron chi connectivity index (χ4n) is 3.41. The second-order valence-corrected chi connectivity index (χ2v) is 8.07. The third kappa shape index (κ3) is 5.92. The van der Waals surface area contributed by atoms with Crippen LogP contribution in [-0.2, 0) is 32.7 Å². The third-order valence-corrected chi connectivity index (χ3v) is 5.69. The van der Waals surface area contributed by atoms with E-state index in [0.717, 1.165) is 31.9 Å². The molecule has 29 heavy (non-hydrogen) atoms. The zero-order valence-electron chi connectivity index (χ0n) is 16.4. The van der Waals surface area contributed by atoms with Crippen molar-refractivity contribution in [2.24, 2.45) is 5.11 Å². The van der Waals surface area contributed by atoms with Crippen molar-refractivity contribution in [3.63, 3.8) is 0 Å². The Bertz CT molecular complexity index is 954. The van der Waals surface area contributed by atoms with Crippen LogP contribution >= 0.6 is 22.6 Å². The number of halogens is 1. The number of azide groups is 1. The van der Waals surface area contributed by atoms with Crippen molar-refractivity contribution in [3.05, 3.63) is 61.0 Å².